The molecular formula is C9H16O2. The van der Waals surface area contributed by atoms with E-state index in [2.05, 4.69) is 0 Å². The average Bonchev–Trinajstić information content (AvgIpc) is 1.86. The Balaban J connectivity index is 2.57. The summed E-state index contributed by atoms with van der Waals surface area (Å²) in [7, 11) is 0. The molecule has 0 aromatic heterocycles. The number of aliphatic hydroxyl groups is 2. The minimum atomic E-state index is -0.642. The van der Waals surface area contributed by atoms with Crippen molar-refractivity contribution in [3.8, 4) is 0 Å². The van der Waals surface area contributed by atoms with Gasteiger partial charge in [0.25, 0.3) is 0 Å². The van der Waals surface area contributed by atoms with E-state index in [1.165, 1.54) is 0 Å². The van der Waals surface area contributed by atoms with Crippen molar-refractivity contribution in [2.24, 2.45) is 5.92 Å². The van der Waals surface area contributed by atoms with Crippen molar-refractivity contribution in [1.82, 2.24) is 0 Å². The van der Waals surface area contributed by atoms with Crippen LogP contribution in [0, 0.1) is 5.92 Å². The molecule has 0 bridgehead atoms. The molecule has 0 saturated carbocycles. The monoisotopic (exact) mass is 156 g/mol. The zero-order valence-corrected chi connectivity index (χ0v) is 7.12. The SMILES string of the molecule is CC(C)(O)[C@H]1C=CC(O)CC1. The van der Waals surface area contributed by atoms with Gasteiger partial charge in [0, 0.05) is 5.92 Å². The molecule has 1 aliphatic carbocycles. The summed E-state index contributed by atoms with van der Waals surface area (Å²) >= 11 is 0. The Kier molecular flexibility index (Phi) is 2.35. The lowest BCUT2D eigenvalue weighted by molar-refractivity contribution is 0.0247. The summed E-state index contributed by atoms with van der Waals surface area (Å²) in [4.78, 5) is 0. The molecule has 0 heterocycles. The fourth-order valence-electron chi connectivity index (χ4n) is 1.39. The van der Waals surface area contributed by atoms with E-state index < -0.39 is 5.60 Å². The van der Waals surface area contributed by atoms with Gasteiger partial charge in [-0.25, -0.2) is 0 Å². The van der Waals surface area contributed by atoms with E-state index in [1.807, 2.05) is 6.08 Å². The van der Waals surface area contributed by atoms with Gasteiger partial charge in [-0.2, -0.15) is 0 Å². The molecule has 0 spiro atoms. The normalized spacial score (nSPS) is 32.4. The predicted octanol–water partition coefficient (Wildman–Crippen LogP) is 1.08. The number of hydrogen-bond acceptors (Lipinski definition) is 2. The molecule has 2 nitrogen and oxygen atoms in total. The Bertz CT molecular complexity index is 155. The van der Waals surface area contributed by atoms with Gasteiger partial charge < -0.3 is 10.2 Å². The van der Waals surface area contributed by atoms with Crippen LogP contribution < -0.4 is 0 Å². The minimum Gasteiger partial charge on any atom is -0.390 e. The molecule has 2 atom stereocenters. The molecule has 64 valence electrons. The molecule has 1 aliphatic rings. The maximum atomic E-state index is 9.60. The predicted molar refractivity (Wildman–Crippen MR) is 44.2 cm³/mol. The van der Waals surface area contributed by atoms with Crippen molar-refractivity contribution < 1.29 is 10.2 Å². The second kappa shape index (κ2) is 2.95. The van der Waals surface area contributed by atoms with Gasteiger partial charge in [0.15, 0.2) is 0 Å². The highest BCUT2D eigenvalue weighted by Gasteiger charge is 2.26. The van der Waals surface area contributed by atoms with Crippen LogP contribution in [-0.4, -0.2) is 21.9 Å². The first kappa shape index (κ1) is 8.75. The lowest BCUT2D eigenvalue weighted by Crippen LogP contribution is -2.32. The molecule has 0 fully saturated rings. The maximum Gasteiger partial charge on any atom is 0.0721 e. The zero-order chi connectivity index (χ0) is 8.48. The van der Waals surface area contributed by atoms with Crippen LogP contribution in [0.4, 0.5) is 0 Å². The lowest BCUT2D eigenvalue weighted by Gasteiger charge is -2.30. The van der Waals surface area contributed by atoms with E-state index >= 15 is 0 Å². The van der Waals surface area contributed by atoms with Gasteiger partial charge in [0.1, 0.15) is 0 Å². The van der Waals surface area contributed by atoms with Crippen LogP contribution in [0.25, 0.3) is 0 Å². The van der Waals surface area contributed by atoms with Crippen molar-refractivity contribution in [3.63, 3.8) is 0 Å². The summed E-state index contributed by atoms with van der Waals surface area (Å²) in [6, 6.07) is 0. The highest BCUT2D eigenvalue weighted by atomic mass is 16.3. The topological polar surface area (TPSA) is 40.5 Å². The number of aliphatic hydroxyl groups excluding tert-OH is 1. The van der Waals surface area contributed by atoms with Crippen molar-refractivity contribution in [3.05, 3.63) is 12.2 Å². The van der Waals surface area contributed by atoms with Crippen LogP contribution in [-0.2, 0) is 0 Å². The summed E-state index contributed by atoms with van der Waals surface area (Å²) in [5, 5.41) is 18.7. The van der Waals surface area contributed by atoms with Crippen LogP contribution in [0.3, 0.4) is 0 Å². The van der Waals surface area contributed by atoms with E-state index in [0.29, 0.717) is 0 Å². The summed E-state index contributed by atoms with van der Waals surface area (Å²) in [6.45, 7) is 3.61. The Morgan fingerprint density at radius 1 is 1.27 bits per heavy atom. The van der Waals surface area contributed by atoms with Crippen molar-refractivity contribution in [2.75, 3.05) is 0 Å². The van der Waals surface area contributed by atoms with Gasteiger partial charge in [0.2, 0.25) is 0 Å². The van der Waals surface area contributed by atoms with E-state index in [-0.39, 0.29) is 12.0 Å². The molecule has 0 aromatic carbocycles. The second-order valence-corrected chi connectivity index (χ2v) is 3.79. The molecule has 0 saturated heterocycles. The van der Waals surface area contributed by atoms with Gasteiger partial charge in [-0.3, -0.25) is 0 Å². The van der Waals surface area contributed by atoms with Crippen molar-refractivity contribution >= 4 is 0 Å². The van der Waals surface area contributed by atoms with Gasteiger partial charge >= 0.3 is 0 Å². The molecule has 11 heavy (non-hydrogen) atoms. The van der Waals surface area contributed by atoms with E-state index in [0.717, 1.165) is 12.8 Å². The molecule has 2 N–H and O–H groups in total. The third-order valence-corrected chi connectivity index (χ3v) is 2.25. The van der Waals surface area contributed by atoms with E-state index in [1.54, 1.807) is 19.9 Å². The van der Waals surface area contributed by atoms with E-state index in [4.69, 9.17) is 5.11 Å². The van der Waals surface area contributed by atoms with Crippen molar-refractivity contribution in [1.29, 1.82) is 0 Å². The summed E-state index contributed by atoms with van der Waals surface area (Å²) < 4.78 is 0. The van der Waals surface area contributed by atoms with Crippen LogP contribution in [0.1, 0.15) is 26.7 Å². The standard InChI is InChI=1S/C9H16O2/c1-9(2,11)7-3-5-8(10)6-4-7/h3,5,7-8,10-11H,4,6H2,1-2H3/t7-,8?/m0/s1. The highest BCUT2D eigenvalue weighted by Crippen LogP contribution is 2.27. The molecule has 1 unspecified atom stereocenters. The largest absolute Gasteiger partial charge is 0.390 e. The average molecular weight is 156 g/mol. The molecule has 0 amide bonds. The molecule has 2 heteroatoms. The Labute approximate surface area is 67.6 Å². The lowest BCUT2D eigenvalue weighted by atomic mass is 9.83. The Hall–Kier alpha value is -0.340. The maximum absolute atomic E-state index is 9.60. The number of hydrogen-bond donors (Lipinski definition) is 2. The zero-order valence-electron chi connectivity index (χ0n) is 7.12. The Morgan fingerprint density at radius 2 is 1.91 bits per heavy atom. The first-order valence-electron chi connectivity index (χ1n) is 4.09. The van der Waals surface area contributed by atoms with Crippen molar-refractivity contribution in [2.45, 2.75) is 38.4 Å². The first-order chi connectivity index (χ1) is 5.00. The van der Waals surface area contributed by atoms with Gasteiger partial charge in [-0.15, -0.1) is 0 Å². The van der Waals surface area contributed by atoms with Crippen LogP contribution in [0.5, 0.6) is 0 Å². The number of rotatable bonds is 1. The van der Waals surface area contributed by atoms with Gasteiger partial charge in [0.05, 0.1) is 11.7 Å². The van der Waals surface area contributed by atoms with Crippen LogP contribution >= 0.6 is 0 Å². The molecular weight excluding hydrogens is 140 g/mol. The third-order valence-electron chi connectivity index (χ3n) is 2.25. The molecule has 1 rings (SSSR count). The Morgan fingerprint density at radius 3 is 2.27 bits per heavy atom. The first-order valence-corrected chi connectivity index (χ1v) is 4.09. The fourth-order valence-corrected chi connectivity index (χ4v) is 1.39. The fraction of sp³-hybridized carbons (Fsp3) is 0.778. The molecule has 0 aromatic rings. The van der Waals surface area contributed by atoms with E-state index in [9.17, 15) is 5.11 Å². The summed E-state index contributed by atoms with van der Waals surface area (Å²) in [6.07, 6.45) is 5.03. The quantitative estimate of drug-likeness (QED) is 0.558. The van der Waals surface area contributed by atoms with Gasteiger partial charge in [-0.05, 0) is 26.7 Å². The summed E-state index contributed by atoms with van der Waals surface area (Å²) in [5.74, 6) is 0.200. The second-order valence-electron chi connectivity index (χ2n) is 3.79. The molecule has 0 radical (unpaired) electrons. The smallest absolute Gasteiger partial charge is 0.0721 e. The summed E-state index contributed by atoms with van der Waals surface area (Å²) in [5.41, 5.74) is -0.642. The highest BCUT2D eigenvalue weighted by molar-refractivity contribution is 5.03. The van der Waals surface area contributed by atoms with Gasteiger partial charge in [-0.1, -0.05) is 12.2 Å². The van der Waals surface area contributed by atoms with Crippen LogP contribution in [0.15, 0.2) is 12.2 Å². The third kappa shape index (κ3) is 2.31. The van der Waals surface area contributed by atoms with Crippen LogP contribution in [0.2, 0.25) is 0 Å². The minimum absolute atomic E-state index is 0.200. The molecule has 0 aliphatic heterocycles.